The average molecular weight is 492 g/mol. The van der Waals surface area contributed by atoms with Crippen molar-refractivity contribution in [3.8, 4) is 0 Å². The number of fused-ring (bicyclic) bond motifs is 2. The van der Waals surface area contributed by atoms with Crippen LogP contribution >= 0.6 is 0 Å². The summed E-state index contributed by atoms with van der Waals surface area (Å²) in [5.74, 6) is 0. The SMILES string of the molecule is CC(C)(C)c1cc2ccccc2[cH-]1.CC(C)(C)c1cc2ccccc2[cH-]1.C[Si]C.[Zr+2]. The number of benzene rings is 2. The van der Waals surface area contributed by atoms with Gasteiger partial charge in [0.25, 0.3) is 0 Å². The van der Waals surface area contributed by atoms with Gasteiger partial charge in [-0.25, -0.2) is 0 Å². The molecular weight excluding hydrogens is 456 g/mol. The maximum atomic E-state index is 2.29. The van der Waals surface area contributed by atoms with Crippen LogP contribution in [0.25, 0.3) is 21.5 Å². The van der Waals surface area contributed by atoms with E-state index in [2.05, 4.69) is 127 Å². The van der Waals surface area contributed by atoms with Crippen molar-refractivity contribution >= 4 is 31.1 Å². The van der Waals surface area contributed by atoms with Crippen molar-refractivity contribution in [3.05, 3.63) is 83.9 Å². The molecule has 4 rings (SSSR count). The van der Waals surface area contributed by atoms with Crippen LogP contribution < -0.4 is 0 Å². The zero-order chi connectivity index (χ0) is 21.7. The summed E-state index contributed by atoms with van der Waals surface area (Å²) in [7, 11) is 1.08. The Hall–Kier alpha value is -1.24. The van der Waals surface area contributed by atoms with Gasteiger partial charge in [0.2, 0.25) is 0 Å². The van der Waals surface area contributed by atoms with Crippen LogP contribution in [0, 0.1) is 0 Å². The number of rotatable bonds is 0. The molecule has 0 spiro atoms. The monoisotopic (exact) mass is 490 g/mol. The van der Waals surface area contributed by atoms with E-state index in [-0.39, 0.29) is 37.0 Å². The topological polar surface area (TPSA) is 0 Å². The summed E-state index contributed by atoms with van der Waals surface area (Å²) < 4.78 is 0. The van der Waals surface area contributed by atoms with Crippen molar-refractivity contribution in [2.75, 3.05) is 0 Å². The second kappa shape index (κ2) is 11.4. The van der Waals surface area contributed by atoms with E-state index >= 15 is 0 Å². The third kappa shape index (κ3) is 7.47. The van der Waals surface area contributed by atoms with Crippen molar-refractivity contribution in [1.82, 2.24) is 0 Å². The molecule has 0 nitrogen and oxygen atoms in total. The summed E-state index contributed by atoms with van der Waals surface area (Å²) in [6.45, 7) is 17.8. The Kier molecular flexibility index (Phi) is 10.2. The molecule has 0 bridgehead atoms. The molecule has 4 aromatic rings. The summed E-state index contributed by atoms with van der Waals surface area (Å²) in [4.78, 5) is 0. The fourth-order valence-electron chi connectivity index (χ4n) is 3.17. The van der Waals surface area contributed by atoms with Gasteiger partial charge in [-0.15, -0.1) is 81.2 Å². The van der Waals surface area contributed by atoms with E-state index in [4.69, 9.17) is 0 Å². The Morgan fingerprint density at radius 1 is 0.600 bits per heavy atom. The van der Waals surface area contributed by atoms with Gasteiger partial charge in [-0.2, -0.15) is 12.1 Å². The molecule has 0 aliphatic rings. The third-order valence-electron chi connectivity index (χ3n) is 4.97. The normalized spacial score (nSPS) is 11.2. The van der Waals surface area contributed by atoms with Gasteiger partial charge in [0.05, 0.1) is 0 Å². The van der Waals surface area contributed by atoms with Gasteiger partial charge in [-0.05, 0) is 10.8 Å². The smallest absolute Gasteiger partial charge is 0.164 e. The van der Waals surface area contributed by atoms with E-state index in [0.717, 1.165) is 9.52 Å². The Morgan fingerprint density at radius 2 is 0.900 bits per heavy atom. The minimum atomic E-state index is 0. The predicted octanol–water partition coefficient (Wildman–Crippen LogP) is 8.50. The van der Waals surface area contributed by atoms with Gasteiger partial charge in [0.15, 0.2) is 0 Å². The van der Waals surface area contributed by atoms with Gasteiger partial charge in [0.1, 0.15) is 0 Å². The number of hydrogen-bond acceptors (Lipinski definition) is 0. The zero-order valence-electron chi connectivity index (χ0n) is 19.9. The second-order valence-electron chi connectivity index (χ2n) is 9.75. The molecule has 0 unspecified atom stereocenters. The molecule has 0 N–H and O–H groups in total. The Balaban J connectivity index is 0.000000258. The van der Waals surface area contributed by atoms with E-state index in [1.807, 2.05) is 0 Å². The fourth-order valence-corrected chi connectivity index (χ4v) is 3.17. The van der Waals surface area contributed by atoms with E-state index in [9.17, 15) is 0 Å². The van der Waals surface area contributed by atoms with Crippen molar-refractivity contribution in [1.29, 1.82) is 0 Å². The van der Waals surface area contributed by atoms with E-state index in [1.165, 1.54) is 32.7 Å². The van der Waals surface area contributed by atoms with Crippen LogP contribution in [0.5, 0.6) is 0 Å². The minimum Gasteiger partial charge on any atom is -0.164 e. The molecule has 30 heavy (non-hydrogen) atoms. The molecule has 0 saturated carbocycles. The Labute approximate surface area is 205 Å². The molecular formula is C28H36SiZr. The molecule has 0 aliphatic carbocycles. The zero-order valence-corrected chi connectivity index (χ0v) is 23.4. The van der Waals surface area contributed by atoms with Crippen LogP contribution in [0.1, 0.15) is 52.7 Å². The first-order valence-corrected chi connectivity index (χ1v) is 12.5. The molecule has 0 heterocycles. The van der Waals surface area contributed by atoms with Gasteiger partial charge in [0, 0.05) is 9.52 Å². The summed E-state index contributed by atoms with van der Waals surface area (Å²) in [5, 5.41) is 5.42. The largest absolute Gasteiger partial charge is 2.00 e. The van der Waals surface area contributed by atoms with E-state index in [1.54, 1.807) is 0 Å². The molecule has 0 atom stereocenters. The van der Waals surface area contributed by atoms with Crippen LogP contribution in [0.15, 0.2) is 72.8 Å². The molecule has 0 amide bonds. The quantitative estimate of drug-likeness (QED) is 0.171. The fraction of sp³-hybridized carbons (Fsp3) is 0.357. The standard InChI is InChI=1S/2C13H15.C2H6Si.Zr/c2*1-13(2,3)12-8-10-6-4-5-7-11(10)9-12;1-3-2;/h2*4-9H,1-3H3;1-2H3;/q2*-1;;+2. The van der Waals surface area contributed by atoms with Gasteiger partial charge < -0.3 is 0 Å². The van der Waals surface area contributed by atoms with Crippen LogP contribution in [0.3, 0.4) is 0 Å². The first-order chi connectivity index (χ1) is 13.6. The van der Waals surface area contributed by atoms with Gasteiger partial charge in [-0.3, -0.25) is 0 Å². The molecule has 2 heteroatoms. The van der Waals surface area contributed by atoms with E-state index in [0.29, 0.717) is 0 Å². The molecule has 2 radical (unpaired) electrons. The molecule has 0 aliphatic heterocycles. The third-order valence-corrected chi connectivity index (χ3v) is 4.97. The van der Waals surface area contributed by atoms with Crippen LogP contribution in [0.2, 0.25) is 13.1 Å². The maximum Gasteiger partial charge on any atom is 2.00 e. The summed E-state index contributed by atoms with van der Waals surface area (Å²) >= 11 is 0. The van der Waals surface area contributed by atoms with Crippen molar-refractivity contribution in [2.24, 2.45) is 0 Å². The maximum absolute atomic E-state index is 2.29. The first kappa shape index (κ1) is 26.8. The molecule has 156 valence electrons. The van der Waals surface area contributed by atoms with Gasteiger partial charge in [-0.1, -0.05) is 66.8 Å². The summed E-state index contributed by atoms with van der Waals surface area (Å²) in [6, 6.07) is 26.2. The predicted molar refractivity (Wildman–Crippen MR) is 134 cm³/mol. The van der Waals surface area contributed by atoms with Crippen molar-refractivity contribution in [3.63, 3.8) is 0 Å². The van der Waals surface area contributed by atoms with Crippen LogP contribution in [-0.4, -0.2) is 9.52 Å². The summed E-state index contributed by atoms with van der Waals surface area (Å²) in [6.07, 6.45) is 0. The van der Waals surface area contributed by atoms with Gasteiger partial charge >= 0.3 is 26.2 Å². The minimum absolute atomic E-state index is 0. The number of hydrogen-bond donors (Lipinski definition) is 0. The van der Waals surface area contributed by atoms with Crippen molar-refractivity contribution < 1.29 is 26.2 Å². The molecule has 0 aromatic heterocycles. The van der Waals surface area contributed by atoms with Crippen LogP contribution in [-0.2, 0) is 37.0 Å². The van der Waals surface area contributed by atoms with Crippen molar-refractivity contribution in [2.45, 2.75) is 65.5 Å². The molecule has 4 aromatic carbocycles. The van der Waals surface area contributed by atoms with E-state index < -0.39 is 0 Å². The van der Waals surface area contributed by atoms with Crippen LogP contribution in [0.4, 0.5) is 0 Å². The average Bonchev–Trinajstić information content (AvgIpc) is 3.26. The molecule has 0 saturated heterocycles. The Bertz CT molecular complexity index is 872. The molecule has 0 fully saturated rings. The Morgan fingerprint density at radius 3 is 1.17 bits per heavy atom. The second-order valence-corrected chi connectivity index (χ2v) is 10.7. The summed E-state index contributed by atoms with van der Waals surface area (Å²) in [5.41, 5.74) is 3.38. The first-order valence-electron chi connectivity index (χ1n) is 10.5.